The summed E-state index contributed by atoms with van der Waals surface area (Å²) < 4.78 is 0.728. The van der Waals surface area contributed by atoms with E-state index in [2.05, 4.69) is 38.2 Å². The molecule has 2 aromatic rings. The second-order valence-corrected chi connectivity index (χ2v) is 5.57. The van der Waals surface area contributed by atoms with Crippen LogP contribution in [-0.2, 0) is 0 Å². The molecule has 0 saturated heterocycles. The van der Waals surface area contributed by atoms with E-state index < -0.39 is 0 Å². The van der Waals surface area contributed by atoms with E-state index in [9.17, 15) is 0 Å². The van der Waals surface area contributed by atoms with Crippen molar-refractivity contribution in [1.29, 1.82) is 0 Å². The van der Waals surface area contributed by atoms with E-state index >= 15 is 0 Å². The quantitative estimate of drug-likeness (QED) is 0.649. The van der Waals surface area contributed by atoms with E-state index in [0.717, 1.165) is 20.9 Å². The first-order chi connectivity index (χ1) is 9.54. The van der Waals surface area contributed by atoms with Crippen molar-refractivity contribution in [2.75, 3.05) is 17.4 Å². The monoisotopic (exact) mass is 355 g/mol. The molecule has 3 N–H and O–H groups in total. The fraction of sp³-hybridized carbons (Fsp3) is 0.231. The highest BCUT2D eigenvalue weighted by molar-refractivity contribution is 9.10. The number of nitrogen functional groups attached to an aromatic ring is 1. The topological polar surface area (TPSA) is 67.1 Å². The highest BCUT2D eigenvalue weighted by Gasteiger charge is 2.18. The maximum atomic E-state index is 5.91. The Morgan fingerprint density at radius 1 is 1.30 bits per heavy atom. The minimum Gasteiger partial charge on any atom is -0.352 e. The Morgan fingerprint density at radius 2 is 1.95 bits per heavy atom. The standard InChI is InChI=1S/C13H15BrClN5/c1-8(9-3-5-10(15)6-4-9)20(2)13-11(14)12(19-16)17-7-18-13/h3-8H,16H2,1-2H3,(H,17,18,19). The van der Waals surface area contributed by atoms with Gasteiger partial charge in [0.15, 0.2) is 5.82 Å². The summed E-state index contributed by atoms with van der Waals surface area (Å²) in [4.78, 5) is 10.4. The van der Waals surface area contributed by atoms with Crippen molar-refractivity contribution >= 4 is 39.2 Å². The average molecular weight is 357 g/mol. The molecule has 2 rings (SSSR count). The largest absolute Gasteiger partial charge is 0.352 e. The number of rotatable bonds is 4. The first-order valence-electron chi connectivity index (χ1n) is 6.00. The van der Waals surface area contributed by atoms with Crippen LogP contribution < -0.4 is 16.2 Å². The SMILES string of the molecule is CC(c1ccc(Cl)cc1)N(C)c1ncnc(NN)c1Br. The number of nitrogens with one attached hydrogen (secondary N) is 1. The molecule has 0 bridgehead atoms. The Balaban J connectivity index is 2.31. The summed E-state index contributed by atoms with van der Waals surface area (Å²) in [7, 11) is 1.96. The van der Waals surface area contributed by atoms with Crippen LogP contribution in [0.1, 0.15) is 18.5 Å². The van der Waals surface area contributed by atoms with E-state index in [1.807, 2.05) is 36.2 Å². The molecular weight excluding hydrogens is 342 g/mol. The zero-order valence-corrected chi connectivity index (χ0v) is 13.5. The zero-order chi connectivity index (χ0) is 14.7. The average Bonchev–Trinajstić information content (AvgIpc) is 2.47. The zero-order valence-electron chi connectivity index (χ0n) is 11.1. The maximum Gasteiger partial charge on any atom is 0.159 e. The third-order valence-corrected chi connectivity index (χ3v) is 4.16. The van der Waals surface area contributed by atoms with Crippen molar-refractivity contribution < 1.29 is 0 Å². The summed E-state index contributed by atoms with van der Waals surface area (Å²) in [5.74, 6) is 6.73. The molecule has 0 aliphatic heterocycles. The molecule has 106 valence electrons. The molecule has 0 aliphatic rings. The summed E-state index contributed by atoms with van der Waals surface area (Å²) in [6.07, 6.45) is 1.47. The Morgan fingerprint density at radius 3 is 2.55 bits per heavy atom. The van der Waals surface area contributed by atoms with Gasteiger partial charge in [0, 0.05) is 12.1 Å². The number of benzene rings is 1. The number of aromatic nitrogens is 2. The van der Waals surface area contributed by atoms with Crippen LogP contribution in [0.25, 0.3) is 0 Å². The number of halogens is 2. The predicted molar refractivity (Wildman–Crippen MR) is 85.8 cm³/mol. The van der Waals surface area contributed by atoms with Crippen molar-refractivity contribution in [3.8, 4) is 0 Å². The first-order valence-corrected chi connectivity index (χ1v) is 7.17. The van der Waals surface area contributed by atoms with Crippen molar-refractivity contribution in [2.24, 2.45) is 5.84 Å². The lowest BCUT2D eigenvalue weighted by atomic mass is 10.1. The second kappa shape index (κ2) is 6.39. The lowest BCUT2D eigenvalue weighted by Gasteiger charge is -2.27. The van der Waals surface area contributed by atoms with E-state index in [-0.39, 0.29) is 6.04 Å². The van der Waals surface area contributed by atoms with Crippen LogP contribution in [0.5, 0.6) is 0 Å². The number of hydrogen-bond donors (Lipinski definition) is 2. The first kappa shape index (κ1) is 15.0. The third-order valence-electron chi connectivity index (χ3n) is 3.18. The molecule has 20 heavy (non-hydrogen) atoms. The van der Waals surface area contributed by atoms with Gasteiger partial charge < -0.3 is 10.3 Å². The predicted octanol–water partition coefficient (Wildman–Crippen LogP) is 3.38. The Hall–Kier alpha value is -1.37. The third kappa shape index (κ3) is 3.03. The molecule has 5 nitrogen and oxygen atoms in total. The van der Waals surface area contributed by atoms with Gasteiger partial charge in [-0.2, -0.15) is 0 Å². The molecule has 1 aromatic carbocycles. The number of hydrogen-bond acceptors (Lipinski definition) is 5. The molecule has 0 saturated carbocycles. The van der Waals surface area contributed by atoms with Crippen LogP contribution in [0.4, 0.5) is 11.6 Å². The van der Waals surface area contributed by atoms with Crippen LogP contribution >= 0.6 is 27.5 Å². The van der Waals surface area contributed by atoms with Gasteiger partial charge in [-0.25, -0.2) is 15.8 Å². The van der Waals surface area contributed by atoms with Crippen molar-refractivity contribution in [1.82, 2.24) is 9.97 Å². The second-order valence-electron chi connectivity index (χ2n) is 4.34. The lowest BCUT2D eigenvalue weighted by molar-refractivity contribution is 0.725. The molecule has 1 heterocycles. The molecule has 1 aromatic heterocycles. The smallest absolute Gasteiger partial charge is 0.159 e. The molecule has 0 amide bonds. The number of anilines is 2. The fourth-order valence-electron chi connectivity index (χ4n) is 1.86. The van der Waals surface area contributed by atoms with Gasteiger partial charge in [-0.3, -0.25) is 0 Å². The molecular formula is C13H15BrClN5. The highest BCUT2D eigenvalue weighted by atomic mass is 79.9. The number of hydrazine groups is 1. The number of nitrogens with zero attached hydrogens (tertiary/aromatic N) is 3. The summed E-state index contributed by atoms with van der Waals surface area (Å²) in [5.41, 5.74) is 3.68. The van der Waals surface area contributed by atoms with Gasteiger partial charge in [0.1, 0.15) is 16.6 Å². The van der Waals surface area contributed by atoms with E-state index in [0.29, 0.717) is 5.82 Å². The van der Waals surface area contributed by atoms with Crippen LogP contribution in [-0.4, -0.2) is 17.0 Å². The summed E-state index contributed by atoms with van der Waals surface area (Å²) in [6, 6.07) is 7.89. The molecule has 0 radical (unpaired) electrons. The van der Waals surface area contributed by atoms with Gasteiger partial charge >= 0.3 is 0 Å². The van der Waals surface area contributed by atoms with Crippen LogP contribution in [0, 0.1) is 0 Å². The molecule has 0 aliphatic carbocycles. The molecule has 0 fully saturated rings. The Kier molecular flexibility index (Phi) is 4.80. The van der Waals surface area contributed by atoms with Crippen molar-refractivity contribution in [3.05, 3.63) is 45.7 Å². The maximum absolute atomic E-state index is 5.91. The van der Waals surface area contributed by atoms with Gasteiger partial charge in [0.2, 0.25) is 0 Å². The van der Waals surface area contributed by atoms with Crippen LogP contribution in [0.3, 0.4) is 0 Å². The van der Waals surface area contributed by atoms with Gasteiger partial charge in [-0.15, -0.1) is 0 Å². The van der Waals surface area contributed by atoms with Gasteiger partial charge in [-0.1, -0.05) is 23.7 Å². The van der Waals surface area contributed by atoms with Crippen molar-refractivity contribution in [2.45, 2.75) is 13.0 Å². The normalized spacial score (nSPS) is 12.1. The molecule has 0 spiro atoms. The van der Waals surface area contributed by atoms with E-state index in [4.69, 9.17) is 17.4 Å². The minimum absolute atomic E-state index is 0.129. The summed E-state index contributed by atoms with van der Waals surface area (Å²) in [6.45, 7) is 2.09. The number of nitrogens with two attached hydrogens (primary N) is 1. The van der Waals surface area contributed by atoms with Gasteiger partial charge in [-0.05, 0) is 40.5 Å². The Bertz CT molecular complexity index is 590. The molecule has 1 atom stereocenters. The van der Waals surface area contributed by atoms with Gasteiger partial charge in [0.05, 0.1) is 6.04 Å². The molecule has 7 heteroatoms. The van der Waals surface area contributed by atoms with Crippen LogP contribution in [0.2, 0.25) is 5.02 Å². The summed E-state index contributed by atoms with van der Waals surface area (Å²) in [5, 5.41) is 0.724. The van der Waals surface area contributed by atoms with Gasteiger partial charge in [0.25, 0.3) is 0 Å². The van der Waals surface area contributed by atoms with Crippen LogP contribution in [0.15, 0.2) is 35.1 Å². The van der Waals surface area contributed by atoms with E-state index in [1.165, 1.54) is 6.33 Å². The fourth-order valence-corrected chi connectivity index (χ4v) is 2.58. The lowest BCUT2D eigenvalue weighted by Crippen LogP contribution is -2.24. The minimum atomic E-state index is 0.129. The Labute approximate surface area is 131 Å². The molecule has 1 unspecified atom stereocenters. The summed E-state index contributed by atoms with van der Waals surface area (Å²) >= 11 is 9.38. The highest BCUT2D eigenvalue weighted by Crippen LogP contribution is 2.33. The van der Waals surface area contributed by atoms with E-state index in [1.54, 1.807) is 0 Å². The van der Waals surface area contributed by atoms with Crippen molar-refractivity contribution in [3.63, 3.8) is 0 Å².